The summed E-state index contributed by atoms with van der Waals surface area (Å²) in [5.41, 5.74) is 8.23. The number of ether oxygens (including phenoxy) is 2. The van der Waals surface area contributed by atoms with Crippen molar-refractivity contribution in [2.45, 2.75) is 66.1 Å². The van der Waals surface area contributed by atoms with Gasteiger partial charge in [-0.15, -0.1) is 0 Å². The highest BCUT2D eigenvalue weighted by molar-refractivity contribution is 5.83. The summed E-state index contributed by atoms with van der Waals surface area (Å²) in [6.45, 7) is 7.11. The Labute approximate surface area is 211 Å². The van der Waals surface area contributed by atoms with E-state index in [-0.39, 0.29) is 5.97 Å². The number of hydrogen-bond donors (Lipinski definition) is 0. The number of fused-ring (bicyclic) bond motifs is 1. The summed E-state index contributed by atoms with van der Waals surface area (Å²) in [5, 5.41) is 5.03. The maximum Gasteiger partial charge on any atom is 0.305 e. The first-order valence-electron chi connectivity index (χ1n) is 12.5. The van der Waals surface area contributed by atoms with Gasteiger partial charge in [-0.3, -0.25) is 19.7 Å². The van der Waals surface area contributed by atoms with Crippen molar-refractivity contribution in [3.63, 3.8) is 0 Å². The third-order valence-corrected chi connectivity index (χ3v) is 6.06. The van der Waals surface area contributed by atoms with Crippen LogP contribution in [-0.2, 0) is 40.3 Å². The molecule has 0 aromatic carbocycles. The molecule has 0 atom stereocenters. The molecule has 0 spiro atoms. The molecule has 0 N–H and O–H groups in total. The SMILES string of the molecule is CCOC(=O)CCCCc1c(COCc2cnccn2)nn2c(CC)ccc2c1-c1cncc(C)c1. The van der Waals surface area contributed by atoms with Gasteiger partial charge in [0.25, 0.3) is 0 Å². The molecule has 0 amide bonds. The van der Waals surface area contributed by atoms with Crippen LogP contribution in [-0.4, -0.2) is 37.1 Å². The molecule has 4 aromatic rings. The fourth-order valence-electron chi connectivity index (χ4n) is 4.39. The Balaban J connectivity index is 1.71. The lowest BCUT2D eigenvalue weighted by Gasteiger charge is -2.18. The molecule has 0 fully saturated rings. The van der Waals surface area contributed by atoms with Crippen molar-refractivity contribution in [2.75, 3.05) is 6.61 Å². The van der Waals surface area contributed by atoms with E-state index >= 15 is 0 Å². The summed E-state index contributed by atoms with van der Waals surface area (Å²) in [7, 11) is 0. The Morgan fingerprint density at radius 3 is 2.67 bits per heavy atom. The molecule has 0 unspecified atom stereocenters. The number of nitrogens with zero attached hydrogens (tertiary/aromatic N) is 5. The first kappa shape index (κ1) is 25.4. The second-order valence-corrected chi connectivity index (χ2v) is 8.73. The first-order valence-corrected chi connectivity index (χ1v) is 12.5. The second kappa shape index (κ2) is 12.4. The van der Waals surface area contributed by atoms with E-state index < -0.39 is 0 Å². The molecule has 4 heterocycles. The summed E-state index contributed by atoms with van der Waals surface area (Å²) < 4.78 is 13.2. The molecule has 4 rings (SSSR count). The van der Waals surface area contributed by atoms with Crippen LogP contribution in [0.1, 0.15) is 61.3 Å². The van der Waals surface area contributed by atoms with E-state index in [2.05, 4.69) is 47.0 Å². The van der Waals surface area contributed by atoms with Crippen molar-refractivity contribution in [3.05, 3.63) is 77.4 Å². The Hall–Kier alpha value is -3.65. The van der Waals surface area contributed by atoms with Gasteiger partial charge in [0.2, 0.25) is 0 Å². The summed E-state index contributed by atoms with van der Waals surface area (Å²) in [4.78, 5) is 24.7. The zero-order chi connectivity index (χ0) is 25.3. The minimum absolute atomic E-state index is 0.152. The third-order valence-electron chi connectivity index (χ3n) is 6.06. The number of esters is 1. The van der Waals surface area contributed by atoms with Gasteiger partial charge in [-0.2, -0.15) is 5.10 Å². The van der Waals surface area contributed by atoms with Crippen LogP contribution < -0.4 is 0 Å². The number of aromatic nitrogens is 5. The van der Waals surface area contributed by atoms with Crippen molar-refractivity contribution in [1.29, 1.82) is 0 Å². The largest absolute Gasteiger partial charge is 0.466 e. The van der Waals surface area contributed by atoms with Crippen molar-refractivity contribution in [3.8, 4) is 11.1 Å². The highest BCUT2D eigenvalue weighted by Crippen LogP contribution is 2.33. The minimum Gasteiger partial charge on any atom is -0.466 e. The molecular weight excluding hydrogens is 454 g/mol. The van der Waals surface area contributed by atoms with E-state index in [1.54, 1.807) is 18.6 Å². The molecule has 0 radical (unpaired) electrons. The van der Waals surface area contributed by atoms with Crippen LogP contribution in [0.3, 0.4) is 0 Å². The van der Waals surface area contributed by atoms with E-state index in [4.69, 9.17) is 14.6 Å². The topological polar surface area (TPSA) is 91.5 Å². The second-order valence-electron chi connectivity index (χ2n) is 8.73. The van der Waals surface area contributed by atoms with E-state index in [1.807, 2.05) is 23.8 Å². The summed E-state index contributed by atoms with van der Waals surface area (Å²) in [6.07, 6.45) is 12.4. The summed E-state index contributed by atoms with van der Waals surface area (Å²) in [6, 6.07) is 6.42. The molecule has 0 aliphatic carbocycles. The normalized spacial score (nSPS) is 11.2. The first-order chi connectivity index (χ1) is 17.6. The number of unbranched alkanes of at least 4 members (excludes halogenated alkanes) is 1. The highest BCUT2D eigenvalue weighted by Gasteiger charge is 2.19. The van der Waals surface area contributed by atoms with Crippen LogP contribution in [0.25, 0.3) is 16.6 Å². The quantitative estimate of drug-likeness (QED) is 0.204. The monoisotopic (exact) mass is 487 g/mol. The van der Waals surface area contributed by atoms with Gasteiger partial charge in [-0.25, -0.2) is 4.52 Å². The van der Waals surface area contributed by atoms with E-state index in [0.29, 0.717) is 26.2 Å². The number of aryl methyl sites for hydroxylation is 2. The number of hydrogen-bond acceptors (Lipinski definition) is 7. The lowest BCUT2D eigenvalue weighted by molar-refractivity contribution is -0.143. The van der Waals surface area contributed by atoms with Crippen molar-refractivity contribution in [2.24, 2.45) is 0 Å². The minimum atomic E-state index is -0.152. The van der Waals surface area contributed by atoms with Gasteiger partial charge in [0.15, 0.2) is 0 Å². The number of pyridine rings is 1. The molecule has 8 nitrogen and oxygen atoms in total. The maximum atomic E-state index is 11.9. The van der Waals surface area contributed by atoms with E-state index in [0.717, 1.165) is 70.5 Å². The van der Waals surface area contributed by atoms with Crippen molar-refractivity contribution >= 4 is 11.5 Å². The molecule has 36 heavy (non-hydrogen) atoms. The Morgan fingerprint density at radius 2 is 1.92 bits per heavy atom. The van der Waals surface area contributed by atoms with Gasteiger partial charge in [0.1, 0.15) is 0 Å². The number of carbonyl (C=O) groups is 1. The predicted octanol–water partition coefficient (Wildman–Crippen LogP) is 5.05. The number of carbonyl (C=O) groups excluding carboxylic acids is 1. The van der Waals surface area contributed by atoms with Gasteiger partial charge in [-0.05, 0) is 68.9 Å². The van der Waals surface area contributed by atoms with Crippen molar-refractivity contribution in [1.82, 2.24) is 24.6 Å². The molecule has 0 aliphatic heterocycles. The predicted molar refractivity (Wildman–Crippen MR) is 137 cm³/mol. The lowest BCUT2D eigenvalue weighted by atomic mass is 9.95. The fourth-order valence-corrected chi connectivity index (χ4v) is 4.39. The van der Waals surface area contributed by atoms with Crippen LogP contribution in [0, 0.1) is 6.92 Å². The molecule has 4 aromatic heterocycles. The van der Waals surface area contributed by atoms with E-state index in [1.165, 1.54) is 0 Å². The van der Waals surface area contributed by atoms with Gasteiger partial charge in [0, 0.05) is 48.0 Å². The number of rotatable bonds is 12. The summed E-state index contributed by atoms with van der Waals surface area (Å²) in [5.74, 6) is -0.152. The summed E-state index contributed by atoms with van der Waals surface area (Å²) >= 11 is 0. The molecule has 0 saturated heterocycles. The van der Waals surface area contributed by atoms with Crippen LogP contribution in [0.5, 0.6) is 0 Å². The van der Waals surface area contributed by atoms with Crippen LogP contribution in [0.15, 0.2) is 49.2 Å². The maximum absolute atomic E-state index is 11.9. The molecule has 0 saturated carbocycles. The van der Waals surface area contributed by atoms with E-state index in [9.17, 15) is 4.79 Å². The Morgan fingerprint density at radius 1 is 1.03 bits per heavy atom. The lowest BCUT2D eigenvalue weighted by Crippen LogP contribution is -2.11. The zero-order valence-electron chi connectivity index (χ0n) is 21.2. The molecule has 188 valence electrons. The van der Waals surface area contributed by atoms with Crippen LogP contribution in [0.2, 0.25) is 0 Å². The zero-order valence-corrected chi connectivity index (χ0v) is 21.2. The van der Waals surface area contributed by atoms with Crippen molar-refractivity contribution < 1.29 is 14.3 Å². The van der Waals surface area contributed by atoms with Gasteiger partial charge < -0.3 is 9.47 Å². The highest BCUT2D eigenvalue weighted by atomic mass is 16.5. The average molecular weight is 488 g/mol. The Kier molecular flexibility index (Phi) is 8.73. The van der Waals surface area contributed by atoms with Crippen LogP contribution in [0.4, 0.5) is 0 Å². The van der Waals surface area contributed by atoms with Gasteiger partial charge >= 0.3 is 5.97 Å². The van der Waals surface area contributed by atoms with Crippen LogP contribution >= 0.6 is 0 Å². The fraction of sp³-hybridized carbons (Fsp3) is 0.393. The Bertz CT molecular complexity index is 1300. The molecule has 0 aliphatic rings. The van der Waals surface area contributed by atoms with Gasteiger partial charge in [-0.1, -0.05) is 6.92 Å². The smallest absolute Gasteiger partial charge is 0.305 e. The average Bonchev–Trinajstić information content (AvgIpc) is 3.29. The molecule has 0 bridgehead atoms. The standard InChI is InChI=1S/C28H33N5O3/c1-4-23-10-11-26-28(21-14-20(3)15-30-16-21)24(8-6-7-9-27(34)36-5-2)25(32-33(23)26)19-35-18-22-17-29-12-13-31-22/h10-17H,4-9,18-19H2,1-3H3. The molecule has 8 heteroatoms. The molecular formula is C28H33N5O3. The third kappa shape index (κ3) is 6.12. The van der Waals surface area contributed by atoms with Gasteiger partial charge in [0.05, 0.1) is 42.9 Å².